The molecular weight excluding hydrogens is 206 g/mol. The molecule has 0 aromatic rings. The third-order valence-corrected chi connectivity index (χ3v) is 4.14. The Morgan fingerprint density at radius 2 is 2.06 bits per heavy atom. The van der Waals surface area contributed by atoms with Gasteiger partial charge in [-0.1, -0.05) is 13.8 Å². The summed E-state index contributed by atoms with van der Waals surface area (Å²) in [6, 6.07) is 0. The van der Waals surface area contributed by atoms with E-state index in [4.69, 9.17) is 10.8 Å². The van der Waals surface area contributed by atoms with Gasteiger partial charge in [-0.3, -0.25) is 9.59 Å². The largest absolute Gasteiger partial charge is 0.481 e. The molecule has 1 unspecified atom stereocenters. The fraction of sp³-hybridized carbons (Fsp3) is 0.833. The van der Waals surface area contributed by atoms with Gasteiger partial charge in [0.05, 0.1) is 0 Å². The number of rotatable bonds is 5. The van der Waals surface area contributed by atoms with Gasteiger partial charge < -0.3 is 10.8 Å². The molecule has 3 N–H and O–H groups in total. The lowest BCUT2D eigenvalue weighted by Crippen LogP contribution is -2.52. The van der Waals surface area contributed by atoms with Gasteiger partial charge in [-0.25, -0.2) is 0 Å². The number of nitrogens with two attached hydrogens (primary N) is 1. The normalized spacial score (nSPS) is 29.2. The number of hydrogen-bond acceptors (Lipinski definition) is 3. The van der Waals surface area contributed by atoms with Crippen LogP contribution >= 0.6 is 0 Å². The Morgan fingerprint density at radius 1 is 1.50 bits per heavy atom. The Morgan fingerprint density at radius 3 is 2.38 bits per heavy atom. The van der Waals surface area contributed by atoms with Crippen molar-refractivity contribution in [2.24, 2.45) is 28.9 Å². The lowest BCUT2D eigenvalue weighted by molar-refractivity contribution is -0.145. The smallest absolute Gasteiger partial charge is 0.303 e. The number of aliphatic carboxylic acids is 1. The van der Waals surface area contributed by atoms with Crippen molar-refractivity contribution < 1.29 is 14.7 Å². The van der Waals surface area contributed by atoms with Crippen LogP contribution in [0.4, 0.5) is 0 Å². The summed E-state index contributed by atoms with van der Waals surface area (Å²) in [5, 5.41) is 8.81. The highest BCUT2D eigenvalue weighted by molar-refractivity contribution is 5.80. The molecule has 0 amide bonds. The van der Waals surface area contributed by atoms with Crippen LogP contribution in [0.3, 0.4) is 0 Å². The summed E-state index contributed by atoms with van der Waals surface area (Å²) in [5.41, 5.74) is 5.52. The molecule has 4 nitrogen and oxygen atoms in total. The van der Waals surface area contributed by atoms with Crippen LogP contribution in [-0.2, 0) is 9.59 Å². The van der Waals surface area contributed by atoms with Crippen LogP contribution in [0.1, 0.15) is 33.6 Å². The number of hydrogen-bond donors (Lipinski definition) is 2. The number of carboxylic acids is 1. The van der Waals surface area contributed by atoms with Gasteiger partial charge in [-0.05, 0) is 37.1 Å². The van der Waals surface area contributed by atoms with E-state index in [2.05, 4.69) is 0 Å². The van der Waals surface area contributed by atoms with Crippen LogP contribution in [0.2, 0.25) is 0 Å². The van der Waals surface area contributed by atoms with Crippen LogP contribution < -0.4 is 5.73 Å². The van der Waals surface area contributed by atoms with Crippen LogP contribution in [0.5, 0.6) is 0 Å². The molecule has 0 aromatic heterocycles. The molecule has 0 heterocycles. The molecule has 1 aliphatic carbocycles. The highest BCUT2D eigenvalue weighted by Crippen LogP contribution is 2.55. The van der Waals surface area contributed by atoms with Crippen molar-refractivity contribution in [3.8, 4) is 0 Å². The van der Waals surface area contributed by atoms with Crippen molar-refractivity contribution in [2.75, 3.05) is 6.54 Å². The predicted octanol–water partition coefficient (Wildman–Crippen LogP) is 1.29. The molecule has 0 spiro atoms. The lowest BCUT2D eigenvalue weighted by Gasteiger charge is -2.54. The minimum atomic E-state index is -0.808. The maximum absolute atomic E-state index is 11.4. The highest BCUT2D eigenvalue weighted by Gasteiger charge is 2.52. The molecule has 4 heteroatoms. The van der Waals surface area contributed by atoms with Gasteiger partial charge in [0.1, 0.15) is 5.78 Å². The summed E-state index contributed by atoms with van der Waals surface area (Å²) in [4.78, 5) is 22.1. The second-order valence-corrected chi connectivity index (χ2v) is 5.42. The van der Waals surface area contributed by atoms with Crippen molar-refractivity contribution in [2.45, 2.75) is 33.6 Å². The van der Waals surface area contributed by atoms with Crippen molar-refractivity contribution in [1.29, 1.82) is 0 Å². The molecule has 1 fully saturated rings. The Kier molecular flexibility index (Phi) is 3.73. The minimum absolute atomic E-state index is 0.0110. The number of carbonyl (C=O) groups excluding carboxylic acids is 1. The molecular formula is C12H21NO3. The molecule has 1 aliphatic rings. The van der Waals surface area contributed by atoms with Gasteiger partial charge in [0.15, 0.2) is 0 Å². The fourth-order valence-corrected chi connectivity index (χ4v) is 3.06. The fourth-order valence-electron chi connectivity index (χ4n) is 3.06. The van der Waals surface area contributed by atoms with Crippen LogP contribution in [0.15, 0.2) is 0 Å². The van der Waals surface area contributed by atoms with Gasteiger partial charge in [-0.2, -0.15) is 0 Å². The summed E-state index contributed by atoms with van der Waals surface area (Å²) >= 11 is 0. The third-order valence-electron chi connectivity index (χ3n) is 4.14. The van der Waals surface area contributed by atoms with Gasteiger partial charge >= 0.3 is 5.97 Å². The van der Waals surface area contributed by atoms with E-state index in [0.29, 0.717) is 6.54 Å². The van der Waals surface area contributed by atoms with Crippen molar-refractivity contribution >= 4 is 11.8 Å². The van der Waals surface area contributed by atoms with E-state index in [-0.39, 0.29) is 35.4 Å². The summed E-state index contributed by atoms with van der Waals surface area (Å²) in [5.74, 6) is -0.296. The van der Waals surface area contributed by atoms with E-state index < -0.39 is 5.97 Å². The summed E-state index contributed by atoms with van der Waals surface area (Å²) in [6.07, 6.45) is 0.896. The van der Waals surface area contributed by atoms with Gasteiger partial charge in [0.2, 0.25) is 0 Å². The zero-order valence-corrected chi connectivity index (χ0v) is 10.2. The Hall–Kier alpha value is -0.900. The monoisotopic (exact) mass is 227 g/mol. The SMILES string of the molecule is CC(=O)[C@@H]1CC([C@@H](CN)CC(=O)O)C1(C)C. The van der Waals surface area contributed by atoms with Crippen molar-refractivity contribution in [3.63, 3.8) is 0 Å². The zero-order valence-electron chi connectivity index (χ0n) is 10.2. The molecule has 0 aliphatic heterocycles. The Bertz CT molecular complexity index is 299. The van der Waals surface area contributed by atoms with E-state index in [1.165, 1.54) is 0 Å². The first-order chi connectivity index (χ1) is 7.30. The number of carboxylic acid groups (broad SMARTS) is 1. The second kappa shape index (κ2) is 4.53. The first-order valence-corrected chi connectivity index (χ1v) is 5.73. The molecule has 1 rings (SSSR count). The van der Waals surface area contributed by atoms with Crippen molar-refractivity contribution in [3.05, 3.63) is 0 Å². The molecule has 92 valence electrons. The van der Waals surface area contributed by atoms with E-state index in [1.54, 1.807) is 6.92 Å². The molecule has 0 bridgehead atoms. The average Bonchev–Trinajstić information content (AvgIpc) is 2.13. The van der Waals surface area contributed by atoms with E-state index in [0.717, 1.165) is 6.42 Å². The van der Waals surface area contributed by atoms with Gasteiger partial charge in [0.25, 0.3) is 0 Å². The number of Topliss-reactive ketones (excluding diaryl/α,β-unsaturated/α-hetero) is 1. The van der Waals surface area contributed by atoms with E-state index in [1.807, 2.05) is 13.8 Å². The summed E-state index contributed by atoms with van der Waals surface area (Å²) in [7, 11) is 0. The molecule has 0 saturated heterocycles. The maximum atomic E-state index is 11.4. The van der Waals surface area contributed by atoms with Crippen LogP contribution in [0.25, 0.3) is 0 Å². The zero-order chi connectivity index (χ0) is 12.5. The van der Waals surface area contributed by atoms with E-state index >= 15 is 0 Å². The minimum Gasteiger partial charge on any atom is -0.481 e. The molecule has 16 heavy (non-hydrogen) atoms. The van der Waals surface area contributed by atoms with Crippen LogP contribution in [0, 0.1) is 23.2 Å². The summed E-state index contributed by atoms with van der Waals surface area (Å²) in [6.45, 7) is 6.07. The standard InChI is InChI=1S/C12H21NO3/c1-7(14)9-5-10(12(9,2)3)8(6-13)4-11(15)16/h8-10H,4-6,13H2,1-3H3,(H,15,16)/t8-,9+,10?/m1/s1. The molecule has 0 radical (unpaired) electrons. The van der Waals surface area contributed by atoms with E-state index in [9.17, 15) is 9.59 Å². The predicted molar refractivity (Wildman–Crippen MR) is 60.9 cm³/mol. The second-order valence-electron chi connectivity index (χ2n) is 5.42. The molecule has 1 saturated carbocycles. The average molecular weight is 227 g/mol. The summed E-state index contributed by atoms with van der Waals surface area (Å²) < 4.78 is 0. The first-order valence-electron chi connectivity index (χ1n) is 5.73. The maximum Gasteiger partial charge on any atom is 0.303 e. The quantitative estimate of drug-likeness (QED) is 0.741. The van der Waals surface area contributed by atoms with Gasteiger partial charge in [-0.15, -0.1) is 0 Å². The van der Waals surface area contributed by atoms with Crippen LogP contribution in [-0.4, -0.2) is 23.4 Å². The Labute approximate surface area is 96.2 Å². The molecule has 0 aromatic carbocycles. The molecule has 3 atom stereocenters. The number of ketones is 1. The lowest BCUT2D eigenvalue weighted by atomic mass is 9.50. The van der Waals surface area contributed by atoms with Crippen molar-refractivity contribution in [1.82, 2.24) is 0 Å². The topological polar surface area (TPSA) is 80.4 Å². The third kappa shape index (κ3) is 2.26. The highest BCUT2D eigenvalue weighted by atomic mass is 16.4. The number of carbonyl (C=O) groups is 2. The van der Waals surface area contributed by atoms with Gasteiger partial charge in [0, 0.05) is 12.3 Å². The first kappa shape index (κ1) is 13.2. The Balaban J connectivity index is 2.69.